The van der Waals surface area contributed by atoms with Gasteiger partial charge in [-0.2, -0.15) is 5.10 Å². The number of nitrogens with zero attached hydrogens (tertiary/aromatic N) is 3. The summed E-state index contributed by atoms with van der Waals surface area (Å²) in [6.07, 6.45) is 1.36. The molecular weight excluding hydrogens is 430 g/mol. The molecule has 1 heterocycles. The first-order valence-electron chi connectivity index (χ1n) is 9.42. The molecule has 10 heteroatoms. The van der Waals surface area contributed by atoms with Crippen LogP contribution in [0.5, 0.6) is 5.88 Å². The highest BCUT2D eigenvalue weighted by Crippen LogP contribution is 2.33. The van der Waals surface area contributed by atoms with Crippen LogP contribution in [0.15, 0.2) is 17.2 Å². The third-order valence-electron chi connectivity index (χ3n) is 4.73. The molecule has 1 aromatic heterocycles. The maximum atomic E-state index is 13.3. The number of amides is 1. The highest BCUT2D eigenvalue weighted by Gasteiger charge is 2.27. The molecule has 0 N–H and O–H groups in total. The Labute approximate surface area is 181 Å². The standard InChI is InChI=1S/C20H26ClN3O5S/c1-7-24-20(29-11-16(25)23(5)6)15(10-22-24)18(26)14-9-12(3)19(13(4)17(14)21)30(27,28)8-2/h9-10H,7-8,11H2,1-6H3. The molecule has 0 aliphatic carbocycles. The van der Waals surface area contributed by atoms with Crippen LogP contribution in [0.3, 0.4) is 0 Å². The van der Waals surface area contributed by atoms with Crippen LogP contribution in [0.1, 0.15) is 40.9 Å². The highest BCUT2D eigenvalue weighted by molar-refractivity contribution is 7.91. The predicted octanol–water partition coefficient (Wildman–Crippen LogP) is 2.66. The Morgan fingerprint density at radius 2 is 1.83 bits per heavy atom. The second-order valence-corrected chi connectivity index (χ2v) is 9.59. The van der Waals surface area contributed by atoms with Gasteiger partial charge < -0.3 is 9.64 Å². The number of ketones is 1. The molecule has 2 aromatic rings. The van der Waals surface area contributed by atoms with E-state index in [2.05, 4.69) is 5.10 Å². The van der Waals surface area contributed by atoms with Crippen molar-refractivity contribution in [3.05, 3.63) is 39.5 Å². The number of ether oxygens (including phenoxy) is 1. The zero-order chi connectivity index (χ0) is 22.8. The molecule has 0 bridgehead atoms. The van der Waals surface area contributed by atoms with Crippen LogP contribution in [0.2, 0.25) is 5.02 Å². The molecular formula is C20H26ClN3O5S. The number of halogens is 1. The number of benzene rings is 1. The summed E-state index contributed by atoms with van der Waals surface area (Å²) >= 11 is 6.43. The molecule has 0 unspecified atom stereocenters. The average Bonchev–Trinajstić information content (AvgIpc) is 3.10. The molecule has 0 aliphatic heterocycles. The zero-order valence-electron chi connectivity index (χ0n) is 17.9. The van der Waals surface area contributed by atoms with Gasteiger partial charge in [0.05, 0.1) is 21.9 Å². The molecule has 0 radical (unpaired) electrons. The van der Waals surface area contributed by atoms with Gasteiger partial charge in [-0.15, -0.1) is 0 Å². The van der Waals surface area contributed by atoms with Crippen LogP contribution in [-0.4, -0.2) is 61.2 Å². The van der Waals surface area contributed by atoms with Gasteiger partial charge >= 0.3 is 0 Å². The fraction of sp³-hybridized carbons (Fsp3) is 0.450. The molecule has 0 fully saturated rings. The van der Waals surface area contributed by atoms with Crippen molar-refractivity contribution in [2.75, 3.05) is 26.5 Å². The van der Waals surface area contributed by atoms with Crippen molar-refractivity contribution in [3.63, 3.8) is 0 Å². The molecule has 1 amide bonds. The van der Waals surface area contributed by atoms with Crippen LogP contribution >= 0.6 is 11.6 Å². The third-order valence-corrected chi connectivity index (χ3v) is 7.22. The summed E-state index contributed by atoms with van der Waals surface area (Å²) in [5.74, 6) is -0.636. The van der Waals surface area contributed by atoms with E-state index in [0.717, 1.165) is 0 Å². The second-order valence-electron chi connectivity index (χ2n) is 7.00. The Morgan fingerprint density at radius 3 is 2.37 bits per heavy atom. The van der Waals surface area contributed by atoms with E-state index < -0.39 is 15.6 Å². The normalized spacial score (nSPS) is 11.4. The monoisotopic (exact) mass is 455 g/mol. The number of hydrogen-bond donors (Lipinski definition) is 0. The van der Waals surface area contributed by atoms with E-state index in [1.165, 1.54) is 21.8 Å². The highest BCUT2D eigenvalue weighted by atomic mass is 35.5. The van der Waals surface area contributed by atoms with Crippen LogP contribution in [0, 0.1) is 13.8 Å². The lowest BCUT2D eigenvalue weighted by Gasteiger charge is -2.16. The molecule has 0 saturated carbocycles. The first-order valence-corrected chi connectivity index (χ1v) is 11.4. The summed E-state index contributed by atoms with van der Waals surface area (Å²) in [7, 11) is -0.296. The number of aryl methyl sites for hydroxylation is 2. The van der Waals surface area contributed by atoms with Gasteiger partial charge in [0.15, 0.2) is 16.4 Å². The Morgan fingerprint density at radius 1 is 1.20 bits per heavy atom. The summed E-state index contributed by atoms with van der Waals surface area (Å²) in [5.41, 5.74) is 1.07. The summed E-state index contributed by atoms with van der Waals surface area (Å²) < 4.78 is 31.9. The number of aromatic nitrogens is 2. The Hall–Kier alpha value is -2.39. The minimum absolute atomic E-state index is 0.0668. The third kappa shape index (κ3) is 4.52. The first kappa shape index (κ1) is 23.9. The van der Waals surface area contributed by atoms with Gasteiger partial charge in [0.1, 0.15) is 5.56 Å². The lowest BCUT2D eigenvalue weighted by Crippen LogP contribution is -2.28. The van der Waals surface area contributed by atoms with Crippen molar-refractivity contribution < 1.29 is 22.7 Å². The number of hydrogen-bond acceptors (Lipinski definition) is 6. The molecule has 2 rings (SSSR count). The molecule has 0 aliphatic rings. The molecule has 164 valence electrons. The summed E-state index contributed by atoms with van der Waals surface area (Å²) in [6.45, 7) is 6.77. The van der Waals surface area contributed by atoms with Gasteiger partial charge in [0, 0.05) is 26.2 Å². The fourth-order valence-corrected chi connectivity index (χ4v) is 4.74. The van der Waals surface area contributed by atoms with Crippen LogP contribution in [0.4, 0.5) is 0 Å². The van der Waals surface area contributed by atoms with Crippen LogP contribution < -0.4 is 4.74 Å². The number of rotatable bonds is 8. The maximum Gasteiger partial charge on any atom is 0.260 e. The average molecular weight is 456 g/mol. The molecule has 0 saturated heterocycles. The van der Waals surface area contributed by atoms with E-state index >= 15 is 0 Å². The van der Waals surface area contributed by atoms with Crippen molar-refractivity contribution in [3.8, 4) is 5.88 Å². The van der Waals surface area contributed by atoms with Crippen LogP contribution in [0.25, 0.3) is 0 Å². The van der Waals surface area contributed by atoms with Crippen molar-refractivity contribution >= 4 is 33.1 Å². The van der Waals surface area contributed by atoms with E-state index in [4.69, 9.17) is 16.3 Å². The lowest BCUT2D eigenvalue weighted by atomic mass is 10.0. The van der Waals surface area contributed by atoms with Crippen molar-refractivity contribution in [2.24, 2.45) is 0 Å². The number of carbonyl (C=O) groups is 2. The quantitative estimate of drug-likeness (QED) is 0.567. The van der Waals surface area contributed by atoms with Crippen molar-refractivity contribution in [2.45, 2.75) is 39.1 Å². The van der Waals surface area contributed by atoms with E-state index in [1.54, 1.807) is 34.9 Å². The molecule has 0 atom stereocenters. The topological polar surface area (TPSA) is 98.6 Å². The summed E-state index contributed by atoms with van der Waals surface area (Å²) in [5, 5.41) is 4.22. The molecule has 0 spiro atoms. The Balaban J connectivity index is 2.54. The lowest BCUT2D eigenvalue weighted by molar-refractivity contribution is -0.130. The van der Waals surface area contributed by atoms with Gasteiger partial charge in [-0.1, -0.05) is 18.5 Å². The molecule has 8 nitrogen and oxygen atoms in total. The minimum Gasteiger partial charge on any atom is -0.467 e. The van der Waals surface area contributed by atoms with E-state index in [-0.39, 0.29) is 45.2 Å². The van der Waals surface area contributed by atoms with Crippen molar-refractivity contribution in [1.82, 2.24) is 14.7 Å². The zero-order valence-corrected chi connectivity index (χ0v) is 19.5. The van der Waals surface area contributed by atoms with Gasteiger partial charge in [-0.25, -0.2) is 13.1 Å². The van der Waals surface area contributed by atoms with E-state index in [0.29, 0.717) is 17.7 Å². The number of carbonyl (C=O) groups excluding carboxylic acids is 2. The summed E-state index contributed by atoms with van der Waals surface area (Å²) in [4.78, 5) is 26.7. The van der Waals surface area contributed by atoms with Gasteiger partial charge in [0.2, 0.25) is 11.7 Å². The SMILES string of the molecule is CCn1ncc(C(=O)c2cc(C)c(S(=O)(=O)CC)c(C)c2Cl)c1OCC(=O)N(C)C. The molecule has 30 heavy (non-hydrogen) atoms. The number of likely N-dealkylation sites (N-methyl/N-ethyl adjacent to an activating group) is 1. The van der Waals surface area contributed by atoms with Gasteiger partial charge in [-0.05, 0) is 38.0 Å². The number of sulfone groups is 1. The largest absolute Gasteiger partial charge is 0.467 e. The smallest absolute Gasteiger partial charge is 0.260 e. The van der Waals surface area contributed by atoms with Gasteiger partial charge in [-0.3, -0.25) is 9.59 Å². The van der Waals surface area contributed by atoms with E-state index in [1.807, 2.05) is 6.92 Å². The Bertz CT molecular complexity index is 1090. The Kier molecular flexibility index (Phi) is 7.31. The van der Waals surface area contributed by atoms with Crippen molar-refractivity contribution in [1.29, 1.82) is 0 Å². The summed E-state index contributed by atoms with van der Waals surface area (Å²) in [6, 6.07) is 1.47. The van der Waals surface area contributed by atoms with Crippen LogP contribution in [-0.2, 0) is 21.2 Å². The fourth-order valence-electron chi connectivity index (χ4n) is 3.04. The van der Waals surface area contributed by atoms with E-state index in [9.17, 15) is 18.0 Å². The maximum absolute atomic E-state index is 13.3. The van der Waals surface area contributed by atoms with Gasteiger partial charge in [0.25, 0.3) is 5.91 Å². The second kappa shape index (κ2) is 9.18. The minimum atomic E-state index is -3.50. The predicted molar refractivity (Wildman–Crippen MR) is 114 cm³/mol. The first-order chi connectivity index (χ1) is 14.0. The molecule has 1 aromatic carbocycles.